The van der Waals surface area contributed by atoms with Crippen molar-refractivity contribution < 1.29 is 23.8 Å². The molecule has 2 N–H and O–H groups in total. The number of benzene rings is 2. The molecule has 0 bridgehead atoms. The quantitative estimate of drug-likeness (QED) is 0.363. The highest BCUT2D eigenvalue weighted by molar-refractivity contribution is 5.90. The second-order valence-electron chi connectivity index (χ2n) is 11.2. The van der Waals surface area contributed by atoms with Gasteiger partial charge in [-0.05, 0) is 35.6 Å². The van der Waals surface area contributed by atoms with E-state index in [0.717, 1.165) is 56.1 Å². The molecule has 2 saturated heterocycles. The van der Waals surface area contributed by atoms with Crippen LogP contribution in [0, 0.1) is 5.92 Å². The van der Waals surface area contributed by atoms with Gasteiger partial charge in [-0.15, -0.1) is 0 Å². The number of ether oxygens (including phenoxy) is 3. The van der Waals surface area contributed by atoms with Crippen LogP contribution in [0.25, 0.3) is 0 Å². The van der Waals surface area contributed by atoms with E-state index in [1.165, 1.54) is 0 Å². The van der Waals surface area contributed by atoms with Crippen molar-refractivity contribution in [1.29, 1.82) is 0 Å². The second-order valence-corrected chi connectivity index (χ2v) is 11.2. The Labute approximate surface area is 244 Å². The summed E-state index contributed by atoms with van der Waals surface area (Å²) < 4.78 is 16.9. The van der Waals surface area contributed by atoms with Gasteiger partial charge in [-0.3, -0.25) is 19.4 Å². The molecule has 2 atom stereocenters. The Kier molecular flexibility index (Phi) is 12.4. The fourth-order valence-electron chi connectivity index (χ4n) is 5.22. The Balaban J connectivity index is 1.40. The van der Waals surface area contributed by atoms with Crippen LogP contribution in [-0.2, 0) is 32.1 Å². The fourth-order valence-corrected chi connectivity index (χ4v) is 5.22. The highest BCUT2D eigenvalue weighted by Crippen LogP contribution is 2.17. The van der Waals surface area contributed by atoms with Crippen LogP contribution in [0.3, 0.4) is 0 Å². The Hall–Kier alpha value is -2.98. The molecule has 0 aromatic heterocycles. The number of carbonyl (C=O) groups is 2. The van der Waals surface area contributed by atoms with Gasteiger partial charge in [-0.1, -0.05) is 56.3 Å². The largest absolute Gasteiger partial charge is 0.489 e. The topological polar surface area (TPSA) is 92.4 Å². The van der Waals surface area contributed by atoms with E-state index < -0.39 is 6.04 Å². The molecule has 2 aliphatic heterocycles. The molecule has 9 nitrogen and oxygen atoms in total. The highest BCUT2D eigenvalue weighted by Gasteiger charge is 2.31. The van der Waals surface area contributed by atoms with Crippen molar-refractivity contribution in [3.63, 3.8) is 0 Å². The lowest BCUT2D eigenvalue weighted by atomic mass is 9.99. The summed E-state index contributed by atoms with van der Waals surface area (Å²) in [4.78, 5) is 31.6. The van der Waals surface area contributed by atoms with Crippen LogP contribution in [0.15, 0.2) is 54.6 Å². The van der Waals surface area contributed by atoms with Crippen LogP contribution >= 0.6 is 0 Å². The van der Waals surface area contributed by atoms with Crippen LogP contribution in [0.5, 0.6) is 5.75 Å². The van der Waals surface area contributed by atoms with Gasteiger partial charge >= 0.3 is 0 Å². The van der Waals surface area contributed by atoms with Gasteiger partial charge in [0.2, 0.25) is 11.8 Å². The maximum absolute atomic E-state index is 13.7. The lowest BCUT2D eigenvalue weighted by Gasteiger charge is -2.35. The van der Waals surface area contributed by atoms with Crippen molar-refractivity contribution in [2.24, 2.45) is 5.92 Å². The SMILES string of the molecule is CC(C)C[C@@H](C(=O)N[C@@H](Cc1ccc(OCc2ccccc2)cc1)C(=O)NCCN1CCOCC1)N1CCOCC1. The zero-order valence-electron chi connectivity index (χ0n) is 24.6. The molecule has 2 fully saturated rings. The smallest absolute Gasteiger partial charge is 0.242 e. The third kappa shape index (κ3) is 10.4. The lowest BCUT2D eigenvalue weighted by Crippen LogP contribution is -2.57. The predicted molar refractivity (Wildman–Crippen MR) is 159 cm³/mol. The summed E-state index contributed by atoms with van der Waals surface area (Å²) in [6, 6.07) is 16.8. The van der Waals surface area contributed by atoms with Crippen LogP contribution < -0.4 is 15.4 Å². The summed E-state index contributed by atoms with van der Waals surface area (Å²) in [5, 5.41) is 6.19. The number of carbonyl (C=O) groups excluding carboxylic acids is 2. The first kappa shape index (κ1) is 31.0. The maximum Gasteiger partial charge on any atom is 0.242 e. The van der Waals surface area contributed by atoms with Gasteiger partial charge in [0.25, 0.3) is 0 Å². The second kappa shape index (κ2) is 16.5. The number of hydrogen-bond donors (Lipinski definition) is 2. The molecule has 0 saturated carbocycles. The molecule has 4 rings (SSSR count). The molecular weight excluding hydrogens is 520 g/mol. The van der Waals surface area contributed by atoms with Crippen molar-refractivity contribution in [2.75, 3.05) is 65.7 Å². The zero-order chi connectivity index (χ0) is 28.9. The van der Waals surface area contributed by atoms with Gasteiger partial charge in [0.1, 0.15) is 18.4 Å². The summed E-state index contributed by atoms with van der Waals surface area (Å²) in [6.07, 6.45) is 1.12. The predicted octanol–water partition coefficient (Wildman–Crippen LogP) is 2.49. The molecule has 2 aromatic carbocycles. The summed E-state index contributed by atoms with van der Waals surface area (Å²) in [7, 11) is 0. The van der Waals surface area contributed by atoms with E-state index in [9.17, 15) is 9.59 Å². The molecule has 0 aliphatic carbocycles. The Morgan fingerprint density at radius 2 is 1.51 bits per heavy atom. The van der Waals surface area contributed by atoms with Crippen molar-refractivity contribution in [3.8, 4) is 5.75 Å². The van der Waals surface area contributed by atoms with Crippen LogP contribution in [0.1, 0.15) is 31.4 Å². The fraction of sp³-hybridized carbons (Fsp3) is 0.562. The van der Waals surface area contributed by atoms with E-state index in [1.807, 2.05) is 54.6 Å². The van der Waals surface area contributed by atoms with Crippen molar-refractivity contribution in [2.45, 2.75) is 45.4 Å². The molecule has 0 unspecified atom stereocenters. The number of nitrogens with zero attached hydrogens (tertiary/aromatic N) is 2. The number of rotatable bonds is 14. The van der Waals surface area contributed by atoms with E-state index in [-0.39, 0.29) is 17.9 Å². The molecule has 2 amide bonds. The standard InChI is InChI=1S/C32H46N4O5/c1-25(2)22-30(36-16-20-40-21-17-36)32(38)34-29(31(37)33-12-13-35-14-18-39-19-15-35)23-26-8-10-28(11-9-26)41-24-27-6-4-3-5-7-27/h3-11,25,29-30H,12-24H2,1-2H3,(H,33,37)(H,34,38)/t29-,30-/m0/s1. The van der Waals surface area contributed by atoms with E-state index in [4.69, 9.17) is 14.2 Å². The Bertz CT molecular complexity index is 1050. The molecule has 0 spiro atoms. The Morgan fingerprint density at radius 1 is 0.854 bits per heavy atom. The summed E-state index contributed by atoms with van der Waals surface area (Å²) in [5.74, 6) is 0.841. The van der Waals surface area contributed by atoms with Crippen molar-refractivity contribution >= 4 is 11.8 Å². The number of nitrogens with one attached hydrogen (secondary N) is 2. The van der Waals surface area contributed by atoms with Gasteiger partial charge < -0.3 is 24.8 Å². The van der Waals surface area contributed by atoms with Gasteiger partial charge in [0, 0.05) is 45.7 Å². The lowest BCUT2D eigenvalue weighted by molar-refractivity contribution is -0.133. The molecule has 2 aliphatic rings. The summed E-state index contributed by atoms with van der Waals surface area (Å²) in [5.41, 5.74) is 2.06. The van der Waals surface area contributed by atoms with Crippen LogP contribution in [-0.4, -0.2) is 99.4 Å². The molecule has 2 aromatic rings. The molecule has 224 valence electrons. The molecule has 9 heteroatoms. The maximum atomic E-state index is 13.7. The van der Waals surface area contributed by atoms with E-state index in [2.05, 4.69) is 34.3 Å². The van der Waals surface area contributed by atoms with Crippen molar-refractivity contribution in [3.05, 3.63) is 65.7 Å². The monoisotopic (exact) mass is 566 g/mol. The molecule has 0 radical (unpaired) electrons. The van der Waals surface area contributed by atoms with Crippen LogP contribution in [0.4, 0.5) is 0 Å². The first-order valence-electron chi connectivity index (χ1n) is 14.9. The average molecular weight is 567 g/mol. The molecule has 41 heavy (non-hydrogen) atoms. The van der Waals surface area contributed by atoms with E-state index in [1.54, 1.807) is 0 Å². The minimum Gasteiger partial charge on any atom is -0.489 e. The number of hydrogen-bond acceptors (Lipinski definition) is 7. The Morgan fingerprint density at radius 3 is 2.17 bits per heavy atom. The molecular formula is C32H46N4O5. The van der Waals surface area contributed by atoms with Gasteiger partial charge in [0.15, 0.2) is 0 Å². The minimum atomic E-state index is -0.682. The number of morpholine rings is 2. The number of amides is 2. The third-order valence-electron chi connectivity index (χ3n) is 7.56. The molecule has 2 heterocycles. The first-order valence-corrected chi connectivity index (χ1v) is 14.9. The summed E-state index contributed by atoms with van der Waals surface area (Å²) in [6.45, 7) is 11.8. The first-order chi connectivity index (χ1) is 20.0. The summed E-state index contributed by atoms with van der Waals surface area (Å²) >= 11 is 0. The van der Waals surface area contributed by atoms with E-state index >= 15 is 0 Å². The van der Waals surface area contributed by atoms with Gasteiger partial charge in [-0.25, -0.2) is 0 Å². The van der Waals surface area contributed by atoms with Crippen molar-refractivity contribution in [1.82, 2.24) is 20.4 Å². The highest BCUT2D eigenvalue weighted by atomic mass is 16.5. The third-order valence-corrected chi connectivity index (χ3v) is 7.56. The van der Waals surface area contributed by atoms with Crippen LogP contribution in [0.2, 0.25) is 0 Å². The van der Waals surface area contributed by atoms with Gasteiger partial charge in [0.05, 0.1) is 32.5 Å². The average Bonchev–Trinajstić information content (AvgIpc) is 3.00. The normalized spacial score (nSPS) is 18.0. The van der Waals surface area contributed by atoms with E-state index in [0.29, 0.717) is 51.8 Å². The van der Waals surface area contributed by atoms with Gasteiger partial charge in [-0.2, -0.15) is 0 Å². The zero-order valence-corrected chi connectivity index (χ0v) is 24.6. The minimum absolute atomic E-state index is 0.100.